The molecular weight excluding hydrogens is 302 g/mol. The van der Waals surface area contributed by atoms with E-state index in [1.807, 2.05) is 6.92 Å². The maximum atomic E-state index is 11.5. The van der Waals surface area contributed by atoms with Crippen LogP contribution in [0.5, 0.6) is 0 Å². The van der Waals surface area contributed by atoms with Gasteiger partial charge in [-0.15, -0.1) is 0 Å². The van der Waals surface area contributed by atoms with Crippen LogP contribution < -0.4 is 5.73 Å². The highest BCUT2D eigenvalue weighted by Crippen LogP contribution is 2.33. The van der Waals surface area contributed by atoms with Crippen LogP contribution in [0.2, 0.25) is 0 Å². The van der Waals surface area contributed by atoms with Crippen molar-refractivity contribution in [1.29, 1.82) is 0 Å². The normalized spacial score (nSPS) is 15.8. The lowest BCUT2D eigenvalue weighted by Crippen LogP contribution is -2.22. The number of carbonyl (C=O) groups excluding carboxylic acids is 1. The number of benzene rings is 1. The number of amides is 1. The molecule has 0 aliphatic carbocycles. The standard InChI is InChI=1S/C19H27N3O2/c1-12(19(20)23)7-16-13(2)21(3)18-9-15-11-22(5-6-24-4)10-14(15)8-17(16)18/h8-9,12H,5-7,10-11H2,1-4H3,(H2,20,23). The Kier molecular flexibility index (Phi) is 4.65. The Hall–Kier alpha value is -1.85. The second-order valence-corrected chi connectivity index (χ2v) is 6.97. The lowest BCUT2D eigenvalue weighted by molar-refractivity contribution is -0.121. The lowest BCUT2D eigenvalue weighted by Gasteiger charge is -2.13. The summed E-state index contributed by atoms with van der Waals surface area (Å²) in [5.41, 5.74) is 12.0. The van der Waals surface area contributed by atoms with Crippen LogP contribution in [-0.2, 0) is 36.1 Å². The number of methoxy groups -OCH3 is 1. The molecule has 1 aromatic carbocycles. The van der Waals surface area contributed by atoms with Crippen LogP contribution in [0.3, 0.4) is 0 Å². The Morgan fingerprint density at radius 2 is 2.00 bits per heavy atom. The molecule has 0 saturated heterocycles. The van der Waals surface area contributed by atoms with Gasteiger partial charge in [0.25, 0.3) is 0 Å². The van der Waals surface area contributed by atoms with Gasteiger partial charge >= 0.3 is 0 Å². The first-order valence-corrected chi connectivity index (χ1v) is 8.52. The van der Waals surface area contributed by atoms with Crippen LogP contribution >= 0.6 is 0 Å². The van der Waals surface area contributed by atoms with E-state index in [-0.39, 0.29) is 11.8 Å². The van der Waals surface area contributed by atoms with Gasteiger partial charge in [-0.1, -0.05) is 6.92 Å². The van der Waals surface area contributed by atoms with E-state index in [4.69, 9.17) is 10.5 Å². The fourth-order valence-corrected chi connectivity index (χ4v) is 3.65. The van der Waals surface area contributed by atoms with Gasteiger partial charge in [0, 0.05) is 56.3 Å². The molecule has 24 heavy (non-hydrogen) atoms. The lowest BCUT2D eigenvalue weighted by atomic mass is 9.96. The Morgan fingerprint density at radius 1 is 1.33 bits per heavy atom. The molecule has 1 unspecified atom stereocenters. The number of primary amides is 1. The Labute approximate surface area is 143 Å². The van der Waals surface area contributed by atoms with Crippen molar-refractivity contribution in [2.24, 2.45) is 18.7 Å². The highest BCUT2D eigenvalue weighted by molar-refractivity contribution is 5.88. The highest BCUT2D eigenvalue weighted by Gasteiger charge is 2.23. The molecule has 0 bridgehead atoms. The molecule has 0 spiro atoms. The Balaban J connectivity index is 1.98. The van der Waals surface area contributed by atoms with Crippen LogP contribution in [0.4, 0.5) is 0 Å². The zero-order valence-corrected chi connectivity index (χ0v) is 15.1. The SMILES string of the molecule is COCCN1Cc2cc3c(CC(C)C(N)=O)c(C)n(C)c3cc2C1. The molecule has 3 rings (SSSR count). The predicted octanol–water partition coefficient (Wildman–Crippen LogP) is 2.11. The zero-order chi connectivity index (χ0) is 17.4. The molecule has 1 atom stereocenters. The van der Waals surface area contributed by atoms with Crippen molar-refractivity contribution >= 4 is 16.8 Å². The van der Waals surface area contributed by atoms with Crippen molar-refractivity contribution in [1.82, 2.24) is 9.47 Å². The molecule has 130 valence electrons. The molecule has 2 N–H and O–H groups in total. The number of ether oxygens (including phenoxy) is 1. The van der Waals surface area contributed by atoms with Gasteiger partial charge in [0.15, 0.2) is 0 Å². The number of aryl methyl sites for hydroxylation is 1. The summed E-state index contributed by atoms with van der Waals surface area (Å²) in [4.78, 5) is 13.9. The first-order chi connectivity index (χ1) is 11.4. The zero-order valence-electron chi connectivity index (χ0n) is 15.1. The number of nitrogens with zero attached hydrogens (tertiary/aromatic N) is 2. The monoisotopic (exact) mass is 329 g/mol. The summed E-state index contributed by atoms with van der Waals surface area (Å²) in [6, 6.07) is 4.62. The van der Waals surface area contributed by atoms with Crippen LogP contribution in [0, 0.1) is 12.8 Å². The topological polar surface area (TPSA) is 60.5 Å². The number of rotatable bonds is 6. The van der Waals surface area contributed by atoms with Crippen LogP contribution in [0.1, 0.15) is 29.3 Å². The van der Waals surface area contributed by atoms with E-state index in [0.717, 1.165) is 26.2 Å². The van der Waals surface area contributed by atoms with Gasteiger partial charge in [-0.3, -0.25) is 9.69 Å². The first kappa shape index (κ1) is 17.0. The van der Waals surface area contributed by atoms with Gasteiger partial charge in [0.1, 0.15) is 0 Å². The molecule has 0 saturated carbocycles. The number of carbonyl (C=O) groups is 1. The molecule has 5 nitrogen and oxygen atoms in total. The molecular formula is C19H27N3O2. The van der Waals surface area contributed by atoms with E-state index >= 15 is 0 Å². The van der Waals surface area contributed by atoms with Crippen LogP contribution in [0.25, 0.3) is 10.9 Å². The molecule has 2 aromatic rings. The van der Waals surface area contributed by atoms with E-state index in [9.17, 15) is 4.79 Å². The first-order valence-electron chi connectivity index (χ1n) is 8.52. The summed E-state index contributed by atoms with van der Waals surface area (Å²) in [5.74, 6) is -0.390. The fourth-order valence-electron chi connectivity index (χ4n) is 3.65. The van der Waals surface area contributed by atoms with Gasteiger partial charge < -0.3 is 15.0 Å². The maximum Gasteiger partial charge on any atom is 0.220 e. The van der Waals surface area contributed by atoms with Gasteiger partial charge in [0.2, 0.25) is 5.91 Å². The van der Waals surface area contributed by atoms with Crippen molar-refractivity contribution in [3.63, 3.8) is 0 Å². The Morgan fingerprint density at radius 3 is 2.62 bits per heavy atom. The van der Waals surface area contributed by atoms with Crippen molar-refractivity contribution in [2.45, 2.75) is 33.4 Å². The summed E-state index contributed by atoms with van der Waals surface area (Å²) in [7, 11) is 3.84. The quantitative estimate of drug-likeness (QED) is 0.883. The van der Waals surface area contributed by atoms with E-state index in [0.29, 0.717) is 6.42 Å². The number of nitrogens with two attached hydrogens (primary N) is 1. The molecule has 1 aliphatic heterocycles. The highest BCUT2D eigenvalue weighted by atomic mass is 16.5. The van der Waals surface area contributed by atoms with Crippen LogP contribution in [0.15, 0.2) is 12.1 Å². The molecule has 5 heteroatoms. The van der Waals surface area contributed by atoms with Crippen molar-refractivity contribution in [3.8, 4) is 0 Å². The molecule has 0 fully saturated rings. The molecule has 2 heterocycles. The van der Waals surface area contributed by atoms with Gasteiger partial charge in [-0.25, -0.2) is 0 Å². The van der Waals surface area contributed by atoms with Crippen LogP contribution in [-0.4, -0.2) is 35.6 Å². The number of fused-ring (bicyclic) bond motifs is 2. The van der Waals surface area contributed by atoms with Gasteiger partial charge in [0.05, 0.1) is 6.61 Å². The average molecular weight is 329 g/mol. The predicted molar refractivity (Wildman–Crippen MR) is 95.7 cm³/mol. The van der Waals surface area contributed by atoms with E-state index in [2.05, 4.69) is 35.6 Å². The summed E-state index contributed by atoms with van der Waals surface area (Å²) in [5, 5.41) is 1.26. The van der Waals surface area contributed by atoms with Gasteiger partial charge in [-0.05, 0) is 42.2 Å². The van der Waals surface area contributed by atoms with E-state index in [1.54, 1.807) is 7.11 Å². The smallest absolute Gasteiger partial charge is 0.220 e. The fraction of sp³-hybridized carbons (Fsp3) is 0.526. The number of hydrogen-bond acceptors (Lipinski definition) is 3. The molecule has 1 amide bonds. The second-order valence-electron chi connectivity index (χ2n) is 6.97. The third-order valence-corrected chi connectivity index (χ3v) is 5.34. The second kappa shape index (κ2) is 6.57. The van der Waals surface area contributed by atoms with E-state index in [1.165, 1.54) is 33.3 Å². The summed E-state index contributed by atoms with van der Waals surface area (Å²) in [6.07, 6.45) is 0.699. The minimum Gasteiger partial charge on any atom is -0.383 e. The van der Waals surface area contributed by atoms with Crippen molar-refractivity contribution in [2.75, 3.05) is 20.3 Å². The summed E-state index contributed by atoms with van der Waals surface area (Å²) < 4.78 is 7.43. The third kappa shape index (κ3) is 2.94. The summed E-state index contributed by atoms with van der Waals surface area (Å²) in [6.45, 7) is 7.68. The summed E-state index contributed by atoms with van der Waals surface area (Å²) >= 11 is 0. The number of aromatic nitrogens is 1. The number of hydrogen-bond donors (Lipinski definition) is 1. The molecule has 1 aliphatic rings. The minimum absolute atomic E-state index is 0.152. The third-order valence-electron chi connectivity index (χ3n) is 5.34. The van der Waals surface area contributed by atoms with Gasteiger partial charge in [-0.2, -0.15) is 0 Å². The molecule has 1 aromatic heterocycles. The maximum absolute atomic E-state index is 11.5. The van der Waals surface area contributed by atoms with Crippen molar-refractivity contribution in [3.05, 3.63) is 34.5 Å². The minimum atomic E-state index is -0.238. The average Bonchev–Trinajstić information content (AvgIpc) is 3.05. The Bertz CT molecular complexity index is 779. The largest absolute Gasteiger partial charge is 0.383 e. The van der Waals surface area contributed by atoms with Crippen molar-refractivity contribution < 1.29 is 9.53 Å². The van der Waals surface area contributed by atoms with E-state index < -0.39 is 0 Å². The molecule has 0 radical (unpaired) electrons.